The number of halogens is 3. The van der Waals surface area contributed by atoms with E-state index in [1.165, 1.54) is 30.1 Å². The molecule has 38 heavy (non-hydrogen) atoms. The Morgan fingerprint density at radius 2 is 1.71 bits per heavy atom. The molecule has 1 saturated carbocycles. The lowest BCUT2D eigenvalue weighted by Crippen LogP contribution is -2.41. The Morgan fingerprint density at radius 3 is 2.34 bits per heavy atom. The molecular weight excluding hydrogens is 493 g/mol. The third kappa shape index (κ3) is 4.73. The first-order valence-electron chi connectivity index (χ1n) is 12.7. The van der Waals surface area contributed by atoms with Crippen molar-refractivity contribution in [3.8, 4) is 17.1 Å². The normalized spacial score (nSPS) is 14.3. The highest BCUT2D eigenvalue weighted by Crippen LogP contribution is 2.42. The molecular formula is C28H31F3N6O. The summed E-state index contributed by atoms with van der Waals surface area (Å²) in [5, 5.41) is 19.3. The van der Waals surface area contributed by atoms with Crippen LogP contribution in [0.15, 0.2) is 36.7 Å². The number of aliphatic hydroxyl groups is 1. The van der Waals surface area contributed by atoms with Crippen LogP contribution in [0, 0.1) is 32.5 Å². The predicted octanol–water partition coefficient (Wildman–Crippen LogP) is 5.45. The van der Waals surface area contributed by atoms with Gasteiger partial charge in [0.05, 0.1) is 28.3 Å². The number of hydrogen-bond donors (Lipinski definition) is 1. The van der Waals surface area contributed by atoms with E-state index in [1.807, 2.05) is 11.6 Å². The van der Waals surface area contributed by atoms with E-state index in [4.69, 9.17) is 5.10 Å². The zero-order chi connectivity index (χ0) is 27.4. The lowest BCUT2D eigenvalue weighted by molar-refractivity contribution is -0.169. The molecule has 1 aliphatic rings. The van der Waals surface area contributed by atoms with E-state index >= 15 is 8.78 Å². The van der Waals surface area contributed by atoms with Gasteiger partial charge >= 0.3 is 5.92 Å². The van der Waals surface area contributed by atoms with Crippen LogP contribution in [0.5, 0.6) is 0 Å². The van der Waals surface area contributed by atoms with Gasteiger partial charge in [-0.15, -0.1) is 0 Å². The number of nitrogens with zero attached hydrogens (tertiary/aromatic N) is 6. The minimum absolute atomic E-state index is 0.122. The van der Waals surface area contributed by atoms with Gasteiger partial charge in [-0.05, 0) is 83.2 Å². The fourth-order valence-electron chi connectivity index (χ4n) is 4.78. The number of hydrogen-bond acceptors (Lipinski definition) is 5. The zero-order valence-corrected chi connectivity index (χ0v) is 22.1. The van der Waals surface area contributed by atoms with Crippen LogP contribution in [0.4, 0.5) is 13.2 Å². The Balaban J connectivity index is 1.51. The average Bonchev–Trinajstić information content (AvgIpc) is 3.55. The Morgan fingerprint density at radius 1 is 1.03 bits per heavy atom. The summed E-state index contributed by atoms with van der Waals surface area (Å²) >= 11 is 0. The van der Waals surface area contributed by atoms with Gasteiger partial charge in [0.25, 0.3) is 0 Å². The van der Waals surface area contributed by atoms with Crippen molar-refractivity contribution in [2.45, 2.75) is 71.9 Å². The van der Waals surface area contributed by atoms with Gasteiger partial charge in [-0.3, -0.25) is 4.68 Å². The smallest absolute Gasteiger partial charge is 0.304 e. The van der Waals surface area contributed by atoms with Crippen molar-refractivity contribution >= 4 is 0 Å². The van der Waals surface area contributed by atoms with Crippen molar-refractivity contribution in [3.63, 3.8) is 0 Å². The van der Waals surface area contributed by atoms with Crippen molar-refractivity contribution in [2.75, 3.05) is 0 Å². The number of benzene rings is 1. The lowest BCUT2D eigenvalue weighted by atomic mass is 9.92. The first kappa shape index (κ1) is 26.1. The Labute approximate surface area is 219 Å². The molecule has 5 rings (SSSR count). The summed E-state index contributed by atoms with van der Waals surface area (Å²) in [5.74, 6) is -2.86. The molecule has 200 valence electrons. The van der Waals surface area contributed by atoms with E-state index < -0.39 is 11.5 Å². The van der Waals surface area contributed by atoms with Crippen LogP contribution in [0.25, 0.3) is 17.1 Å². The van der Waals surface area contributed by atoms with Gasteiger partial charge in [-0.25, -0.2) is 19.0 Å². The zero-order valence-electron chi connectivity index (χ0n) is 22.1. The van der Waals surface area contributed by atoms with Gasteiger partial charge in [0.2, 0.25) is 0 Å². The average molecular weight is 525 g/mol. The largest absolute Gasteiger partial charge is 0.384 e. The molecule has 4 aromatic rings. The van der Waals surface area contributed by atoms with E-state index in [1.54, 1.807) is 25.1 Å². The molecule has 0 atom stereocenters. The van der Waals surface area contributed by atoms with Crippen LogP contribution in [0.1, 0.15) is 60.6 Å². The number of rotatable bonds is 8. The van der Waals surface area contributed by atoms with Gasteiger partial charge in [-0.1, -0.05) is 0 Å². The van der Waals surface area contributed by atoms with Crippen molar-refractivity contribution in [3.05, 3.63) is 76.4 Å². The predicted molar refractivity (Wildman–Crippen MR) is 137 cm³/mol. The van der Waals surface area contributed by atoms with Crippen LogP contribution in [-0.4, -0.2) is 40.2 Å². The molecule has 0 saturated heterocycles. The summed E-state index contributed by atoms with van der Waals surface area (Å²) in [7, 11) is 0. The summed E-state index contributed by atoms with van der Waals surface area (Å²) in [4.78, 5) is 8.75. The van der Waals surface area contributed by atoms with Gasteiger partial charge in [-0.2, -0.15) is 19.0 Å². The van der Waals surface area contributed by atoms with Gasteiger partial charge in [0, 0.05) is 30.3 Å². The fraction of sp³-hybridized carbons (Fsp3) is 0.429. The number of aryl methyl sites for hydroxylation is 1. The summed E-state index contributed by atoms with van der Waals surface area (Å²) in [6.45, 7) is 8.00. The Kier molecular flexibility index (Phi) is 6.41. The molecule has 0 radical (unpaired) electrons. The van der Waals surface area contributed by atoms with Crippen LogP contribution in [-0.2, 0) is 18.9 Å². The highest BCUT2D eigenvalue weighted by Gasteiger charge is 2.50. The van der Waals surface area contributed by atoms with Crippen LogP contribution >= 0.6 is 0 Å². The second-order valence-corrected chi connectivity index (χ2v) is 10.7. The number of alkyl halides is 2. The minimum Gasteiger partial charge on any atom is -0.384 e. The molecule has 3 heterocycles. The van der Waals surface area contributed by atoms with Gasteiger partial charge in [0.1, 0.15) is 17.7 Å². The molecule has 0 spiro atoms. The summed E-state index contributed by atoms with van der Waals surface area (Å²) in [6.07, 6.45) is 4.18. The first-order valence-corrected chi connectivity index (χ1v) is 12.7. The van der Waals surface area contributed by atoms with Crippen molar-refractivity contribution in [1.82, 2.24) is 29.5 Å². The standard InChI is InChI=1S/C28H31F3N6O/c1-16-23(36(14-19-6-7-19)35-26(16)20-8-10-21(29)11-9-20)12-22-13-24(33-15-32-22)37-18(3)25(17(2)34-37)28(30,31)27(4,5)38/h8-11,13,15,19,38H,6-7,12,14H2,1-5H3. The fourth-order valence-corrected chi connectivity index (χ4v) is 4.78. The molecule has 1 fully saturated rings. The molecule has 0 bridgehead atoms. The highest BCUT2D eigenvalue weighted by atomic mass is 19.3. The van der Waals surface area contributed by atoms with Crippen LogP contribution in [0.2, 0.25) is 0 Å². The summed E-state index contributed by atoms with van der Waals surface area (Å²) in [6, 6.07) is 8.03. The van der Waals surface area contributed by atoms with Crippen molar-refractivity contribution in [1.29, 1.82) is 0 Å². The summed E-state index contributed by atoms with van der Waals surface area (Å²) in [5.41, 5.74) is 2.05. The van der Waals surface area contributed by atoms with Crippen LogP contribution in [0.3, 0.4) is 0 Å². The van der Waals surface area contributed by atoms with Gasteiger partial charge in [0.15, 0.2) is 5.82 Å². The Hall–Kier alpha value is -3.53. The molecule has 10 heteroatoms. The summed E-state index contributed by atoms with van der Waals surface area (Å²) < 4.78 is 47.0. The number of aromatic nitrogens is 6. The third-order valence-electron chi connectivity index (χ3n) is 7.21. The topological polar surface area (TPSA) is 81.7 Å². The molecule has 1 N–H and O–H groups in total. The second kappa shape index (κ2) is 9.34. The minimum atomic E-state index is -3.50. The third-order valence-corrected chi connectivity index (χ3v) is 7.21. The first-order chi connectivity index (χ1) is 17.9. The SMILES string of the molecule is Cc1nn(-c2cc(Cc3c(C)c(-c4ccc(F)cc4)nn3CC3CC3)ncn2)c(C)c1C(F)(F)C(C)(C)O. The Bertz CT molecular complexity index is 1480. The van der Waals surface area contributed by atoms with E-state index in [0.29, 0.717) is 23.9 Å². The molecule has 0 amide bonds. The van der Waals surface area contributed by atoms with E-state index in [0.717, 1.165) is 55.7 Å². The lowest BCUT2D eigenvalue weighted by Gasteiger charge is -2.29. The maximum absolute atomic E-state index is 15.1. The molecule has 0 aliphatic heterocycles. The maximum Gasteiger partial charge on any atom is 0.304 e. The molecule has 1 aliphatic carbocycles. The quantitative estimate of drug-likeness (QED) is 0.331. The molecule has 7 nitrogen and oxygen atoms in total. The van der Waals surface area contributed by atoms with E-state index in [9.17, 15) is 9.50 Å². The molecule has 3 aromatic heterocycles. The van der Waals surface area contributed by atoms with E-state index in [-0.39, 0.29) is 22.8 Å². The van der Waals surface area contributed by atoms with Crippen molar-refractivity contribution < 1.29 is 18.3 Å². The maximum atomic E-state index is 15.1. The second-order valence-electron chi connectivity index (χ2n) is 10.7. The van der Waals surface area contributed by atoms with Crippen molar-refractivity contribution in [2.24, 2.45) is 5.92 Å². The van der Waals surface area contributed by atoms with Crippen LogP contribution < -0.4 is 0 Å². The van der Waals surface area contributed by atoms with E-state index in [2.05, 4.69) is 15.1 Å². The highest BCUT2D eigenvalue weighted by molar-refractivity contribution is 5.64. The molecule has 0 unspecified atom stereocenters. The van der Waals surface area contributed by atoms with Gasteiger partial charge < -0.3 is 5.11 Å². The monoisotopic (exact) mass is 524 g/mol. The molecule has 1 aromatic carbocycles.